The number of aryl methyl sites for hydroxylation is 1. The third-order valence-corrected chi connectivity index (χ3v) is 7.87. The summed E-state index contributed by atoms with van der Waals surface area (Å²) in [4.78, 5) is 6.66. The van der Waals surface area contributed by atoms with Gasteiger partial charge in [0.25, 0.3) is 0 Å². The Kier molecular flexibility index (Phi) is 5.39. The lowest BCUT2D eigenvalue weighted by molar-refractivity contribution is 0.533. The van der Waals surface area contributed by atoms with Crippen LogP contribution in [0.5, 0.6) is 0 Å². The fraction of sp³-hybridized carbons (Fsp3) is 0.160. The molecule has 0 bridgehead atoms. The van der Waals surface area contributed by atoms with Gasteiger partial charge in [-0.3, -0.25) is 0 Å². The van der Waals surface area contributed by atoms with Crippen molar-refractivity contribution in [1.29, 1.82) is 0 Å². The van der Waals surface area contributed by atoms with Gasteiger partial charge in [0, 0.05) is 23.1 Å². The number of anilines is 1. The van der Waals surface area contributed by atoms with E-state index in [1.807, 2.05) is 48.2 Å². The summed E-state index contributed by atoms with van der Waals surface area (Å²) in [7, 11) is -3.88. The molecule has 0 saturated heterocycles. The van der Waals surface area contributed by atoms with Crippen LogP contribution in [0.2, 0.25) is 0 Å². The number of oxazole rings is 1. The average Bonchev–Trinajstić information content (AvgIpc) is 3.26. The second kappa shape index (κ2) is 8.22. The number of halogens is 1. The van der Waals surface area contributed by atoms with Crippen LogP contribution in [0.1, 0.15) is 16.7 Å². The maximum Gasteiger partial charge on any atom is 0.236 e. The number of fused-ring (bicyclic) bond motifs is 1. The number of rotatable bonds is 4. The number of sulfone groups is 1. The minimum absolute atomic E-state index is 0.0465. The zero-order valence-corrected chi connectivity index (χ0v) is 19.9. The van der Waals surface area contributed by atoms with E-state index in [-0.39, 0.29) is 15.8 Å². The van der Waals surface area contributed by atoms with Crippen LogP contribution < -0.4 is 4.90 Å². The first kappa shape index (κ1) is 21.0. The summed E-state index contributed by atoms with van der Waals surface area (Å²) in [5.41, 5.74) is 4.29. The molecule has 0 fully saturated rings. The van der Waals surface area contributed by atoms with Gasteiger partial charge in [0.05, 0.1) is 4.90 Å². The van der Waals surface area contributed by atoms with E-state index in [4.69, 9.17) is 4.42 Å². The normalized spacial score (nSPS) is 13.8. The number of aromatic nitrogens is 1. The Morgan fingerprint density at radius 2 is 1.62 bits per heavy atom. The van der Waals surface area contributed by atoms with Crippen molar-refractivity contribution >= 4 is 31.7 Å². The summed E-state index contributed by atoms with van der Waals surface area (Å²) in [6.45, 7) is 3.23. The van der Waals surface area contributed by atoms with Gasteiger partial charge in [-0.25, -0.2) is 8.42 Å². The molecule has 0 radical (unpaired) electrons. The molecule has 2 heterocycles. The van der Waals surface area contributed by atoms with Crippen LogP contribution in [0.3, 0.4) is 0 Å². The first-order valence-corrected chi connectivity index (χ1v) is 12.6. The fourth-order valence-corrected chi connectivity index (χ4v) is 5.47. The second-order valence-electron chi connectivity index (χ2n) is 7.89. The Labute approximate surface area is 195 Å². The maximum atomic E-state index is 13.6. The first-order valence-electron chi connectivity index (χ1n) is 10.3. The third-order valence-electron chi connectivity index (χ3n) is 5.67. The molecule has 1 aromatic heterocycles. The summed E-state index contributed by atoms with van der Waals surface area (Å²) in [5.74, 6) is 0.590. The molecule has 1 aliphatic heterocycles. The topological polar surface area (TPSA) is 63.4 Å². The van der Waals surface area contributed by atoms with Crippen molar-refractivity contribution in [3.8, 4) is 11.5 Å². The maximum absolute atomic E-state index is 13.6. The van der Waals surface area contributed by atoms with E-state index in [9.17, 15) is 8.42 Å². The Morgan fingerprint density at radius 1 is 0.938 bits per heavy atom. The van der Waals surface area contributed by atoms with Gasteiger partial charge in [0.15, 0.2) is 0 Å². The smallest absolute Gasteiger partial charge is 0.236 e. The predicted octanol–water partition coefficient (Wildman–Crippen LogP) is 5.81. The van der Waals surface area contributed by atoms with Crippen LogP contribution in [0.15, 0.2) is 91.6 Å². The predicted molar refractivity (Wildman–Crippen MR) is 127 cm³/mol. The summed E-state index contributed by atoms with van der Waals surface area (Å²) in [5, 5.41) is -0.0465. The van der Waals surface area contributed by atoms with E-state index < -0.39 is 9.84 Å². The van der Waals surface area contributed by atoms with Gasteiger partial charge in [-0.2, -0.15) is 4.98 Å². The molecule has 0 spiro atoms. The SMILES string of the molecule is Cc1ccc(-c2nc(S(=O)(=O)c3ccc(Br)cc3)c(N3CCc4ccccc4C3)o2)cc1. The monoisotopic (exact) mass is 508 g/mol. The Bertz CT molecular complexity index is 1380. The number of hydrogen-bond acceptors (Lipinski definition) is 5. The van der Waals surface area contributed by atoms with E-state index >= 15 is 0 Å². The molecule has 7 heteroatoms. The Hall–Kier alpha value is -2.90. The van der Waals surface area contributed by atoms with Gasteiger partial charge in [-0.1, -0.05) is 57.9 Å². The molecule has 0 unspecified atom stereocenters. The molecule has 0 aliphatic carbocycles. The highest BCUT2D eigenvalue weighted by molar-refractivity contribution is 9.10. The Balaban J connectivity index is 1.63. The first-order chi connectivity index (χ1) is 15.4. The van der Waals surface area contributed by atoms with Gasteiger partial charge < -0.3 is 9.32 Å². The van der Waals surface area contributed by atoms with Crippen molar-refractivity contribution in [2.75, 3.05) is 11.4 Å². The standard InChI is InChI=1S/C25H21BrN2O3S/c1-17-6-8-19(9-7-17)23-27-24(32(29,30)22-12-10-21(26)11-13-22)25(31-23)28-15-14-18-4-2-3-5-20(18)16-28/h2-13H,14-16H2,1H3. The lowest BCUT2D eigenvalue weighted by atomic mass is 10.0. The number of hydrogen-bond donors (Lipinski definition) is 0. The van der Waals surface area contributed by atoms with Crippen molar-refractivity contribution in [2.24, 2.45) is 0 Å². The van der Waals surface area contributed by atoms with Crippen molar-refractivity contribution in [3.05, 3.63) is 94.0 Å². The highest BCUT2D eigenvalue weighted by atomic mass is 79.9. The van der Waals surface area contributed by atoms with Gasteiger partial charge in [0.1, 0.15) is 0 Å². The highest BCUT2D eigenvalue weighted by Crippen LogP contribution is 2.37. The average molecular weight is 509 g/mol. The summed E-state index contributed by atoms with van der Waals surface area (Å²) in [6, 6.07) is 22.5. The molecule has 5 nitrogen and oxygen atoms in total. The van der Waals surface area contributed by atoms with Crippen molar-refractivity contribution in [3.63, 3.8) is 0 Å². The van der Waals surface area contributed by atoms with Crippen LogP contribution in [0, 0.1) is 6.92 Å². The number of benzene rings is 3. The molecule has 1 aliphatic rings. The summed E-state index contributed by atoms with van der Waals surface area (Å²) >= 11 is 3.36. The van der Waals surface area contributed by atoms with E-state index in [1.54, 1.807) is 24.3 Å². The molecule has 4 aromatic rings. The molecule has 162 valence electrons. The molecule has 0 amide bonds. The molecule has 32 heavy (non-hydrogen) atoms. The van der Waals surface area contributed by atoms with Crippen molar-refractivity contribution < 1.29 is 12.8 Å². The summed E-state index contributed by atoms with van der Waals surface area (Å²) < 4.78 is 34.1. The zero-order valence-electron chi connectivity index (χ0n) is 17.5. The second-order valence-corrected chi connectivity index (χ2v) is 10.7. The van der Waals surface area contributed by atoms with Gasteiger partial charge in [-0.05, 0) is 60.9 Å². The molecule has 0 saturated carbocycles. The number of nitrogens with zero attached hydrogens (tertiary/aromatic N) is 2. The molecular weight excluding hydrogens is 488 g/mol. The Morgan fingerprint density at radius 3 is 2.34 bits per heavy atom. The van der Waals surface area contributed by atoms with Gasteiger partial charge >= 0.3 is 0 Å². The third kappa shape index (κ3) is 3.87. The lowest BCUT2D eigenvalue weighted by Crippen LogP contribution is -2.31. The van der Waals surface area contributed by atoms with Gasteiger partial charge in [0.2, 0.25) is 26.6 Å². The zero-order chi connectivity index (χ0) is 22.3. The van der Waals surface area contributed by atoms with Crippen molar-refractivity contribution in [1.82, 2.24) is 4.98 Å². The highest BCUT2D eigenvalue weighted by Gasteiger charge is 2.32. The van der Waals surface area contributed by atoms with Crippen LogP contribution in [0.4, 0.5) is 5.88 Å². The van der Waals surface area contributed by atoms with Crippen molar-refractivity contribution in [2.45, 2.75) is 29.8 Å². The van der Waals surface area contributed by atoms with Gasteiger partial charge in [-0.15, -0.1) is 0 Å². The van der Waals surface area contributed by atoms with Crippen LogP contribution in [0.25, 0.3) is 11.5 Å². The van der Waals surface area contributed by atoms with Crippen LogP contribution in [-0.2, 0) is 22.8 Å². The minimum atomic E-state index is -3.88. The fourth-order valence-electron chi connectivity index (χ4n) is 3.89. The quantitative estimate of drug-likeness (QED) is 0.348. The largest absolute Gasteiger partial charge is 0.419 e. The minimum Gasteiger partial charge on any atom is -0.419 e. The molecule has 3 aromatic carbocycles. The molecule has 0 N–H and O–H groups in total. The van der Waals surface area contributed by atoms with Crippen LogP contribution >= 0.6 is 15.9 Å². The molecule has 5 rings (SSSR count). The molecule has 0 atom stereocenters. The van der Waals surface area contributed by atoms with Crippen LogP contribution in [-0.4, -0.2) is 19.9 Å². The van der Waals surface area contributed by atoms with E-state index in [0.29, 0.717) is 19.0 Å². The summed E-state index contributed by atoms with van der Waals surface area (Å²) in [6.07, 6.45) is 0.814. The molecular formula is C25H21BrN2O3S. The lowest BCUT2D eigenvalue weighted by Gasteiger charge is -2.28. The van der Waals surface area contributed by atoms with E-state index in [2.05, 4.69) is 33.0 Å². The van der Waals surface area contributed by atoms with E-state index in [0.717, 1.165) is 22.0 Å². The van der Waals surface area contributed by atoms with E-state index in [1.165, 1.54) is 11.1 Å².